The van der Waals surface area contributed by atoms with Crippen molar-refractivity contribution in [3.63, 3.8) is 0 Å². The largest absolute Gasteiger partial charge is 0.354 e. The van der Waals surface area contributed by atoms with Crippen molar-refractivity contribution in [2.45, 2.75) is 20.8 Å². The molecule has 1 rings (SSSR count). The van der Waals surface area contributed by atoms with E-state index < -0.39 is 0 Å². The molecule has 0 aromatic heterocycles. The molecule has 0 aliphatic rings. The van der Waals surface area contributed by atoms with Crippen molar-refractivity contribution in [2.24, 2.45) is 4.99 Å². The van der Waals surface area contributed by atoms with Crippen LogP contribution in [0.3, 0.4) is 0 Å². The lowest BCUT2D eigenvalue weighted by Crippen LogP contribution is -1.96. The summed E-state index contributed by atoms with van der Waals surface area (Å²) < 4.78 is 0. The van der Waals surface area contributed by atoms with Gasteiger partial charge in [0.15, 0.2) is 0 Å². The lowest BCUT2D eigenvalue weighted by atomic mass is 10.2. The third kappa shape index (κ3) is 5.94. The van der Waals surface area contributed by atoms with E-state index in [1.165, 1.54) is 0 Å². The van der Waals surface area contributed by atoms with Crippen molar-refractivity contribution in [3.8, 4) is 12.8 Å². The number of allylic oxidation sites excluding steroid dienone is 3. The van der Waals surface area contributed by atoms with E-state index in [0.29, 0.717) is 5.02 Å². The lowest BCUT2D eigenvalue weighted by molar-refractivity contribution is 1.41. The summed E-state index contributed by atoms with van der Waals surface area (Å²) in [5.74, 6) is 0. The highest BCUT2D eigenvalue weighted by Gasteiger charge is 2.02. The molecule has 2 nitrogen and oxygen atoms in total. The smallest absolute Gasteiger partial charge is 0.0875 e. The first kappa shape index (κ1) is 17.0. The number of hydrogen-bond donors (Lipinski definition) is 1. The van der Waals surface area contributed by atoms with Crippen LogP contribution in [0.2, 0.25) is 5.02 Å². The number of anilines is 1. The van der Waals surface area contributed by atoms with Crippen LogP contribution in [0.15, 0.2) is 47.1 Å². The molecule has 0 aliphatic heterocycles. The topological polar surface area (TPSA) is 24.4 Å². The number of hydrogen-bond acceptors (Lipinski definition) is 2. The fourth-order valence-corrected chi connectivity index (χ4v) is 1.57. The molecule has 0 radical (unpaired) electrons. The predicted molar refractivity (Wildman–Crippen MR) is 87.4 cm³/mol. The Hall–Kier alpha value is -1.98. The SMILES string of the molecule is C#C.CC=Nc1cc(Cl)ccc1NC(/C=C\C)=C/C. The predicted octanol–water partition coefficient (Wildman–Crippen LogP) is 5.20. The molecule has 100 valence electrons. The Labute approximate surface area is 120 Å². The van der Waals surface area contributed by atoms with E-state index in [0.717, 1.165) is 17.1 Å². The summed E-state index contributed by atoms with van der Waals surface area (Å²) in [4.78, 5) is 4.29. The maximum atomic E-state index is 5.95. The number of nitrogens with zero attached hydrogens (tertiary/aromatic N) is 1. The van der Waals surface area contributed by atoms with Crippen LogP contribution in [0.1, 0.15) is 20.8 Å². The Kier molecular flexibility index (Phi) is 8.95. The van der Waals surface area contributed by atoms with Crippen molar-refractivity contribution in [1.82, 2.24) is 0 Å². The Morgan fingerprint density at radius 3 is 2.47 bits per heavy atom. The zero-order chi connectivity index (χ0) is 14.7. The normalized spacial score (nSPS) is 11.4. The van der Waals surface area contributed by atoms with Gasteiger partial charge in [-0.3, -0.25) is 4.99 Å². The highest BCUT2D eigenvalue weighted by Crippen LogP contribution is 2.29. The van der Waals surface area contributed by atoms with Crippen LogP contribution < -0.4 is 5.32 Å². The Bertz CT molecular complexity index is 497. The molecule has 0 amide bonds. The standard InChI is InChI=1S/C14H17ClN2.C2H2/c1-4-7-12(5-2)17-13-9-8-11(15)10-14(13)16-6-3;1-2/h4-10,17H,1-3H3;1-2H/b7-4-,12-5+,16-6?;. The molecule has 0 atom stereocenters. The second-order valence-corrected chi connectivity index (χ2v) is 3.85. The van der Waals surface area contributed by atoms with Crippen LogP contribution in [0.5, 0.6) is 0 Å². The van der Waals surface area contributed by atoms with Crippen LogP contribution in [-0.2, 0) is 0 Å². The average Bonchev–Trinajstić information content (AvgIpc) is 2.43. The molecule has 0 bridgehead atoms. The van der Waals surface area contributed by atoms with Gasteiger partial charge in [-0.1, -0.05) is 23.8 Å². The zero-order valence-corrected chi connectivity index (χ0v) is 12.3. The summed E-state index contributed by atoms with van der Waals surface area (Å²) in [6.45, 7) is 5.85. The van der Waals surface area contributed by atoms with Gasteiger partial charge >= 0.3 is 0 Å². The maximum absolute atomic E-state index is 5.95. The Morgan fingerprint density at radius 1 is 1.26 bits per heavy atom. The molecule has 1 N–H and O–H groups in total. The van der Waals surface area contributed by atoms with Gasteiger partial charge in [-0.05, 0) is 45.0 Å². The summed E-state index contributed by atoms with van der Waals surface area (Å²) in [6.07, 6.45) is 15.8. The van der Waals surface area contributed by atoms with Gasteiger partial charge in [0, 0.05) is 16.9 Å². The van der Waals surface area contributed by atoms with Crippen LogP contribution >= 0.6 is 11.6 Å². The van der Waals surface area contributed by atoms with Crippen molar-refractivity contribution >= 4 is 29.2 Å². The van der Waals surface area contributed by atoms with Gasteiger partial charge in [-0.15, -0.1) is 12.8 Å². The van der Waals surface area contributed by atoms with Gasteiger partial charge in [-0.2, -0.15) is 0 Å². The molecule has 1 aromatic rings. The summed E-state index contributed by atoms with van der Waals surface area (Å²) in [5.41, 5.74) is 2.81. The first-order chi connectivity index (χ1) is 9.21. The van der Waals surface area contributed by atoms with Crippen molar-refractivity contribution in [2.75, 3.05) is 5.32 Å². The minimum Gasteiger partial charge on any atom is -0.354 e. The van der Waals surface area contributed by atoms with E-state index in [1.807, 2.05) is 57.2 Å². The van der Waals surface area contributed by atoms with Crippen LogP contribution in [0.4, 0.5) is 11.4 Å². The molecule has 0 unspecified atom stereocenters. The summed E-state index contributed by atoms with van der Waals surface area (Å²) in [6, 6.07) is 5.62. The van der Waals surface area contributed by atoms with E-state index in [4.69, 9.17) is 11.6 Å². The number of rotatable bonds is 4. The highest BCUT2D eigenvalue weighted by atomic mass is 35.5. The van der Waals surface area contributed by atoms with Crippen molar-refractivity contribution in [1.29, 1.82) is 0 Å². The van der Waals surface area contributed by atoms with E-state index in [9.17, 15) is 0 Å². The zero-order valence-electron chi connectivity index (χ0n) is 11.5. The minimum atomic E-state index is 0.684. The molecule has 0 fully saturated rings. The van der Waals surface area contributed by atoms with Crippen LogP contribution in [0.25, 0.3) is 0 Å². The second kappa shape index (κ2) is 9.99. The molecule has 0 saturated heterocycles. The molecule has 0 heterocycles. The Morgan fingerprint density at radius 2 is 1.95 bits per heavy atom. The van der Waals surface area contributed by atoms with E-state index in [1.54, 1.807) is 6.21 Å². The Balaban J connectivity index is 0.00000154. The molecular formula is C16H19ClN2. The number of nitrogens with one attached hydrogen (secondary N) is 1. The first-order valence-corrected chi connectivity index (χ1v) is 6.26. The fourth-order valence-electron chi connectivity index (χ4n) is 1.40. The van der Waals surface area contributed by atoms with Crippen molar-refractivity contribution in [3.05, 3.63) is 47.1 Å². The molecule has 3 heteroatoms. The molecule has 1 aromatic carbocycles. The number of benzene rings is 1. The van der Waals surface area contributed by atoms with E-state index >= 15 is 0 Å². The van der Waals surface area contributed by atoms with Gasteiger partial charge in [0.25, 0.3) is 0 Å². The summed E-state index contributed by atoms with van der Waals surface area (Å²) in [5, 5.41) is 4.00. The van der Waals surface area contributed by atoms with Gasteiger partial charge in [-0.25, -0.2) is 0 Å². The number of halogens is 1. The molecule has 19 heavy (non-hydrogen) atoms. The molecular weight excluding hydrogens is 256 g/mol. The number of aliphatic imine (C=N–C) groups is 1. The second-order valence-electron chi connectivity index (χ2n) is 3.42. The molecule has 0 saturated carbocycles. The van der Waals surface area contributed by atoms with Gasteiger partial charge in [0.05, 0.1) is 11.4 Å². The van der Waals surface area contributed by atoms with Gasteiger partial charge < -0.3 is 5.32 Å². The van der Waals surface area contributed by atoms with Gasteiger partial charge in [0.2, 0.25) is 0 Å². The van der Waals surface area contributed by atoms with E-state index in [2.05, 4.69) is 23.2 Å². The summed E-state index contributed by atoms with van der Waals surface area (Å²) >= 11 is 5.95. The third-order valence-electron chi connectivity index (χ3n) is 2.16. The molecule has 0 aliphatic carbocycles. The maximum Gasteiger partial charge on any atom is 0.0875 e. The minimum absolute atomic E-state index is 0.684. The lowest BCUT2D eigenvalue weighted by Gasteiger charge is -2.10. The van der Waals surface area contributed by atoms with Crippen LogP contribution in [-0.4, -0.2) is 6.21 Å². The summed E-state index contributed by atoms with van der Waals surface area (Å²) in [7, 11) is 0. The monoisotopic (exact) mass is 274 g/mol. The first-order valence-electron chi connectivity index (χ1n) is 5.88. The quantitative estimate of drug-likeness (QED) is 0.455. The average molecular weight is 275 g/mol. The van der Waals surface area contributed by atoms with Gasteiger partial charge in [0.1, 0.15) is 0 Å². The van der Waals surface area contributed by atoms with Crippen LogP contribution in [0, 0.1) is 12.8 Å². The fraction of sp³-hybridized carbons (Fsp3) is 0.188. The van der Waals surface area contributed by atoms with E-state index in [-0.39, 0.29) is 0 Å². The highest BCUT2D eigenvalue weighted by molar-refractivity contribution is 6.31. The third-order valence-corrected chi connectivity index (χ3v) is 2.40. The number of terminal acetylenes is 1. The molecule has 0 spiro atoms. The van der Waals surface area contributed by atoms with Crippen molar-refractivity contribution < 1.29 is 0 Å².